The van der Waals surface area contributed by atoms with E-state index < -0.39 is 18.7 Å². The standard InChI is InChI=1S/C16H13BrClF3INO2/c1-24-15-6-13(22)14(7-23-15)25-8-10(16(19,20)21)4-9-2-3-11(18)5-12(9)17/h2-3,5-7,10H,4,8H2,1H3/t10-/m1/s1. The summed E-state index contributed by atoms with van der Waals surface area (Å²) in [5, 5.41) is 0.453. The Labute approximate surface area is 170 Å². The topological polar surface area (TPSA) is 31.4 Å². The molecule has 3 nitrogen and oxygen atoms in total. The van der Waals surface area contributed by atoms with Crippen LogP contribution in [0.4, 0.5) is 13.2 Å². The lowest BCUT2D eigenvalue weighted by Crippen LogP contribution is -2.31. The number of nitrogens with zero attached hydrogens (tertiary/aromatic N) is 1. The zero-order chi connectivity index (χ0) is 18.6. The first-order valence-corrected chi connectivity index (χ1v) is 9.28. The summed E-state index contributed by atoms with van der Waals surface area (Å²) in [6.45, 7) is -0.511. The van der Waals surface area contributed by atoms with Crippen LogP contribution in [0, 0.1) is 9.49 Å². The second-order valence-corrected chi connectivity index (χ2v) is 7.60. The third kappa shape index (κ3) is 5.89. The van der Waals surface area contributed by atoms with Crippen molar-refractivity contribution in [1.29, 1.82) is 0 Å². The lowest BCUT2D eigenvalue weighted by molar-refractivity contribution is -0.181. The van der Waals surface area contributed by atoms with Gasteiger partial charge in [-0.2, -0.15) is 13.2 Å². The maximum Gasteiger partial charge on any atom is 0.395 e. The molecule has 1 atom stereocenters. The van der Waals surface area contributed by atoms with Gasteiger partial charge in [0.25, 0.3) is 0 Å². The number of halogens is 6. The monoisotopic (exact) mass is 549 g/mol. The molecule has 0 amide bonds. The smallest absolute Gasteiger partial charge is 0.395 e. The van der Waals surface area contributed by atoms with E-state index >= 15 is 0 Å². The summed E-state index contributed by atoms with van der Waals surface area (Å²) in [4.78, 5) is 3.95. The Bertz CT molecular complexity index is 746. The van der Waals surface area contributed by atoms with Crippen molar-refractivity contribution in [1.82, 2.24) is 4.98 Å². The van der Waals surface area contributed by atoms with Crippen LogP contribution in [0.15, 0.2) is 34.9 Å². The molecule has 0 fully saturated rings. The van der Waals surface area contributed by atoms with E-state index in [0.717, 1.165) is 0 Å². The average Bonchev–Trinajstić information content (AvgIpc) is 2.53. The van der Waals surface area contributed by atoms with Gasteiger partial charge in [-0.15, -0.1) is 0 Å². The first kappa shape index (κ1) is 20.6. The molecule has 136 valence electrons. The van der Waals surface area contributed by atoms with Crippen molar-refractivity contribution in [3.63, 3.8) is 0 Å². The summed E-state index contributed by atoms with van der Waals surface area (Å²) in [5.41, 5.74) is 0.512. The molecule has 0 unspecified atom stereocenters. The van der Waals surface area contributed by atoms with Crippen LogP contribution in [0.5, 0.6) is 11.6 Å². The van der Waals surface area contributed by atoms with E-state index in [1.54, 1.807) is 24.3 Å². The molecule has 0 aliphatic heterocycles. The summed E-state index contributed by atoms with van der Waals surface area (Å²) in [7, 11) is 1.46. The van der Waals surface area contributed by atoms with Crippen molar-refractivity contribution >= 4 is 50.1 Å². The molecule has 0 N–H and O–H groups in total. The Balaban J connectivity index is 2.13. The van der Waals surface area contributed by atoms with Crippen LogP contribution < -0.4 is 9.47 Å². The molecule has 1 heterocycles. The Morgan fingerprint density at radius 2 is 2.04 bits per heavy atom. The van der Waals surface area contributed by atoms with Gasteiger partial charge in [-0.3, -0.25) is 0 Å². The highest BCUT2D eigenvalue weighted by molar-refractivity contribution is 14.1. The Morgan fingerprint density at radius 3 is 2.60 bits per heavy atom. The van der Waals surface area contributed by atoms with Crippen LogP contribution in [-0.2, 0) is 6.42 Å². The van der Waals surface area contributed by atoms with Crippen molar-refractivity contribution in [3.05, 3.63) is 49.1 Å². The second kappa shape index (κ2) is 8.77. The molecule has 9 heteroatoms. The summed E-state index contributed by atoms with van der Waals surface area (Å²) in [6.07, 6.45) is -3.27. The molecule has 0 radical (unpaired) electrons. The van der Waals surface area contributed by atoms with Gasteiger partial charge in [0.2, 0.25) is 5.88 Å². The van der Waals surface area contributed by atoms with Crippen LogP contribution >= 0.6 is 50.1 Å². The van der Waals surface area contributed by atoms with Crippen molar-refractivity contribution in [3.8, 4) is 11.6 Å². The number of ether oxygens (including phenoxy) is 2. The summed E-state index contributed by atoms with van der Waals surface area (Å²) in [6, 6.07) is 6.30. The molecule has 1 aromatic carbocycles. The summed E-state index contributed by atoms with van der Waals surface area (Å²) < 4.78 is 51.6. The first-order chi connectivity index (χ1) is 11.7. The van der Waals surface area contributed by atoms with Gasteiger partial charge >= 0.3 is 6.18 Å². The lowest BCUT2D eigenvalue weighted by atomic mass is 9.99. The van der Waals surface area contributed by atoms with Gasteiger partial charge in [-0.05, 0) is 46.7 Å². The average molecular weight is 551 g/mol. The molecule has 0 saturated carbocycles. The third-order valence-corrected chi connectivity index (χ3v) is 5.20. The number of benzene rings is 1. The van der Waals surface area contributed by atoms with Crippen LogP contribution in [-0.4, -0.2) is 24.9 Å². The van der Waals surface area contributed by atoms with Gasteiger partial charge in [0.1, 0.15) is 6.61 Å². The number of rotatable bonds is 6. The Morgan fingerprint density at radius 1 is 1.32 bits per heavy atom. The number of hydrogen-bond donors (Lipinski definition) is 0. The Kier molecular flexibility index (Phi) is 7.21. The molecule has 0 aliphatic carbocycles. The number of methoxy groups -OCH3 is 1. The SMILES string of the molecule is COc1cc(I)c(OC[C@@H](Cc2ccc(Cl)cc2Br)C(F)(F)F)cn1. The fraction of sp³-hybridized carbons (Fsp3) is 0.312. The number of hydrogen-bond acceptors (Lipinski definition) is 3. The number of alkyl halides is 3. The van der Waals surface area contributed by atoms with Crippen molar-refractivity contribution in [2.75, 3.05) is 13.7 Å². The molecular formula is C16H13BrClF3INO2. The lowest BCUT2D eigenvalue weighted by Gasteiger charge is -2.21. The maximum atomic E-state index is 13.4. The minimum atomic E-state index is -4.40. The first-order valence-electron chi connectivity index (χ1n) is 7.03. The van der Waals surface area contributed by atoms with Crippen LogP contribution in [0.2, 0.25) is 5.02 Å². The molecule has 0 aliphatic rings. The fourth-order valence-electron chi connectivity index (χ4n) is 2.03. The molecule has 1 aromatic heterocycles. The van der Waals surface area contributed by atoms with E-state index in [-0.39, 0.29) is 12.2 Å². The van der Waals surface area contributed by atoms with Gasteiger partial charge in [-0.1, -0.05) is 33.6 Å². The fourth-order valence-corrected chi connectivity index (χ4v) is 3.44. The normalized spacial score (nSPS) is 12.8. The van der Waals surface area contributed by atoms with Crippen molar-refractivity contribution < 1.29 is 22.6 Å². The largest absolute Gasteiger partial charge is 0.490 e. The zero-order valence-electron chi connectivity index (χ0n) is 12.9. The minimum Gasteiger partial charge on any atom is -0.490 e. The third-order valence-electron chi connectivity index (χ3n) is 3.39. The highest BCUT2D eigenvalue weighted by Crippen LogP contribution is 2.33. The predicted octanol–water partition coefficient (Wildman–Crippen LogP) is 5.91. The number of aromatic nitrogens is 1. The minimum absolute atomic E-state index is 0.221. The van der Waals surface area contributed by atoms with Gasteiger partial charge < -0.3 is 9.47 Å². The van der Waals surface area contributed by atoms with Crippen LogP contribution in [0.3, 0.4) is 0 Å². The van der Waals surface area contributed by atoms with E-state index in [1.165, 1.54) is 13.3 Å². The zero-order valence-corrected chi connectivity index (χ0v) is 17.4. The van der Waals surface area contributed by atoms with Crippen LogP contribution in [0.25, 0.3) is 0 Å². The molecule has 0 saturated heterocycles. The molecule has 0 bridgehead atoms. The Hall–Kier alpha value is -0.740. The highest BCUT2D eigenvalue weighted by atomic mass is 127. The van der Waals surface area contributed by atoms with Crippen molar-refractivity contribution in [2.45, 2.75) is 12.6 Å². The van der Waals surface area contributed by atoms with E-state index in [9.17, 15) is 13.2 Å². The van der Waals surface area contributed by atoms with Gasteiger partial charge in [0.15, 0.2) is 5.75 Å². The van der Waals surface area contributed by atoms with Crippen LogP contribution in [0.1, 0.15) is 5.56 Å². The summed E-state index contributed by atoms with van der Waals surface area (Å²) in [5.74, 6) is -1.01. The molecule has 2 rings (SSSR count). The van der Waals surface area contributed by atoms with Gasteiger partial charge in [0.05, 0.1) is 22.8 Å². The van der Waals surface area contributed by atoms with E-state index in [1.807, 2.05) is 22.6 Å². The maximum absolute atomic E-state index is 13.4. The van der Waals surface area contributed by atoms with E-state index in [4.69, 9.17) is 21.1 Å². The van der Waals surface area contributed by atoms with E-state index in [0.29, 0.717) is 24.5 Å². The van der Waals surface area contributed by atoms with Crippen molar-refractivity contribution in [2.24, 2.45) is 5.92 Å². The predicted molar refractivity (Wildman–Crippen MR) is 101 cm³/mol. The van der Waals surface area contributed by atoms with Gasteiger partial charge in [-0.25, -0.2) is 4.98 Å². The summed E-state index contributed by atoms with van der Waals surface area (Å²) >= 11 is 11.0. The highest BCUT2D eigenvalue weighted by Gasteiger charge is 2.40. The number of pyridine rings is 1. The molecule has 2 aromatic rings. The molecule has 25 heavy (non-hydrogen) atoms. The van der Waals surface area contributed by atoms with Gasteiger partial charge in [0, 0.05) is 15.6 Å². The second-order valence-electron chi connectivity index (χ2n) is 5.15. The quantitative estimate of drug-likeness (QED) is 0.419. The van der Waals surface area contributed by atoms with E-state index in [2.05, 4.69) is 20.9 Å². The molecule has 0 spiro atoms. The molecular weight excluding hydrogens is 537 g/mol.